The molecule has 3 aromatic rings. The predicted molar refractivity (Wildman–Crippen MR) is 88.3 cm³/mol. The Kier molecular flexibility index (Phi) is 4.19. The number of hydrogen-bond donors (Lipinski definition) is 0. The maximum atomic E-state index is 12.7. The third-order valence-corrected chi connectivity index (χ3v) is 3.76. The van der Waals surface area contributed by atoms with Gasteiger partial charge in [0.15, 0.2) is 0 Å². The average molecular weight is 306 g/mol. The van der Waals surface area contributed by atoms with Gasteiger partial charge in [0.2, 0.25) is 0 Å². The van der Waals surface area contributed by atoms with Crippen LogP contribution in [0.15, 0.2) is 61.1 Å². The van der Waals surface area contributed by atoms with Gasteiger partial charge in [-0.05, 0) is 36.8 Å². The Balaban J connectivity index is 1.82. The molecule has 1 aromatic carbocycles. The zero-order chi connectivity index (χ0) is 16.2. The van der Waals surface area contributed by atoms with Crippen LogP contribution >= 0.6 is 0 Å². The first-order chi connectivity index (χ1) is 11.2. The highest BCUT2D eigenvalue weighted by atomic mass is 16.2. The number of hydrogen-bond acceptors (Lipinski definition) is 3. The van der Waals surface area contributed by atoms with Crippen molar-refractivity contribution in [2.75, 3.05) is 7.05 Å². The molecule has 0 aliphatic heterocycles. The largest absolute Gasteiger partial charge is 0.337 e. The fourth-order valence-electron chi connectivity index (χ4n) is 2.49. The van der Waals surface area contributed by atoms with Crippen LogP contribution in [0, 0.1) is 6.92 Å². The van der Waals surface area contributed by atoms with Crippen LogP contribution in [-0.4, -0.2) is 32.6 Å². The Morgan fingerprint density at radius 2 is 1.83 bits per heavy atom. The molecule has 2 aromatic heterocycles. The zero-order valence-corrected chi connectivity index (χ0v) is 13.2. The summed E-state index contributed by atoms with van der Waals surface area (Å²) in [6.45, 7) is 2.45. The van der Waals surface area contributed by atoms with Gasteiger partial charge in [0.1, 0.15) is 0 Å². The molecule has 0 aliphatic carbocycles. The first kappa shape index (κ1) is 15.0. The van der Waals surface area contributed by atoms with Crippen LogP contribution in [0.1, 0.15) is 21.6 Å². The molecule has 0 atom stereocenters. The standard InChI is InChI=1S/C18H18N4O/c1-14-17(12-20-22(14)16-6-4-3-5-7-16)18(23)21(2)13-15-8-10-19-11-9-15/h3-12H,13H2,1-2H3. The Morgan fingerprint density at radius 1 is 1.13 bits per heavy atom. The second kappa shape index (κ2) is 6.44. The summed E-state index contributed by atoms with van der Waals surface area (Å²) in [6.07, 6.45) is 5.09. The minimum atomic E-state index is -0.0403. The summed E-state index contributed by atoms with van der Waals surface area (Å²) in [4.78, 5) is 18.4. The molecule has 0 N–H and O–H groups in total. The molecule has 0 aliphatic rings. The van der Waals surface area contributed by atoms with Crippen LogP contribution in [-0.2, 0) is 6.54 Å². The second-order valence-corrected chi connectivity index (χ2v) is 5.41. The van der Waals surface area contributed by atoms with Crippen molar-refractivity contribution in [2.45, 2.75) is 13.5 Å². The highest BCUT2D eigenvalue weighted by molar-refractivity contribution is 5.95. The number of benzene rings is 1. The molecule has 0 unspecified atom stereocenters. The van der Waals surface area contributed by atoms with Crippen LogP contribution in [0.25, 0.3) is 5.69 Å². The maximum absolute atomic E-state index is 12.7. The van der Waals surface area contributed by atoms with Gasteiger partial charge in [-0.15, -0.1) is 0 Å². The summed E-state index contributed by atoms with van der Waals surface area (Å²) >= 11 is 0. The Hall–Kier alpha value is -2.95. The number of amides is 1. The lowest BCUT2D eigenvalue weighted by atomic mass is 10.2. The number of pyridine rings is 1. The van der Waals surface area contributed by atoms with E-state index in [2.05, 4.69) is 10.1 Å². The number of aromatic nitrogens is 3. The molecule has 0 bridgehead atoms. The van der Waals surface area contributed by atoms with E-state index in [4.69, 9.17) is 0 Å². The summed E-state index contributed by atoms with van der Waals surface area (Å²) < 4.78 is 1.79. The average Bonchev–Trinajstić information content (AvgIpc) is 2.97. The third-order valence-electron chi connectivity index (χ3n) is 3.76. The van der Waals surface area contributed by atoms with Crippen molar-refractivity contribution in [2.24, 2.45) is 0 Å². The fourth-order valence-corrected chi connectivity index (χ4v) is 2.49. The molecule has 0 saturated heterocycles. The summed E-state index contributed by atoms with van der Waals surface area (Å²) in [5, 5.41) is 4.36. The molecule has 2 heterocycles. The first-order valence-corrected chi connectivity index (χ1v) is 7.41. The molecule has 0 radical (unpaired) electrons. The SMILES string of the molecule is Cc1c(C(=O)N(C)Cc2ccncc2)cnn1-c1ccccc1. The highest BCUT2D eigenvalue weighted by Gasteiger charge is 2.18. The number of carbonyl (C=O) groups is 1. The summed E-state index contributed by atoms with van der Waals surface area (Å²) in [5.41, 5.74) is 3.44. The molecule has 3 rings (SSSR count). The number of carbonyl (C=O) groups excluding carboxylic acids is 1. The number of para-hydroxylation sites is 1. The van der Waals surface area contributed by atoms with Crippen LogP contribution < -0.4 is 0 Å². The number of rotatable bonds is 4. The van der Waals surface area contributed by atoms with E-state index >= 15 is 0 Å². The maximum Gasteiger partial charge on any atom is 0.257 e. The van der Waals surface area contributed by atoms with E-state index < -0.39 is 0 Å². The molecule has 1 amide bonds. The van der Waals surface area contributed by atoms with E-state index in [1.807, 2.05) is 49.4 Å². The van der Waals surface area contributed by atoms with Gasteiger partial charge in [0.25, 0.3) is 5.91 Å². The summed E-state index contributed by atoms with van der Waals surface area (Å²) in [7, 11) is 1.79. The molecule has 0 fully saturated rings. The van der Waals surface area contributed by atoms with Crippen molar-refractivity contribution >= 4 is 5.91 Å². The Bertz CT molecular complexity index is 796. The topological polar surface area (TPSA) is 51.0 Å². The smallest absolute Gasteiger partial charge is 0.257 e. The van der Waals surface area contributed by atoms with E-state index in [1.54, 1.807) is 35.2 Å². The van der Waals surface area contributed by atoms with Crippen molar-refractivity contribution in [1.82, 2.24) is 19.7 Å². The van der Waals surface area contributed by atoms with E-state index in [0.717, 1.165) is 16.9 Å². The Morgan fingerprint density at radius 3 is 2.52 bits per heavy atom. The van der Waals surface area contributed by atoms with E-state index in [1.165, 1.54) is 0 Å². The van der Waals surface area contributed by atoms with Gasteiger partial charge in [-0.2, -0.15) is 5.10 Å². The van der Waals surface area contributed by atoms with Gasteiger partial charge in [0.05, 0.1) is 23.1 Å². The lowest BCUT2D eigenvalue weighted by Crippen LogP contribution is -2.26. The minimum Gasteiger partial charge on any atom is -0.337 e. The quantitative estimate of drug-likeness (QED) is 0.745. The first-order valence-electron chi connectivity index (χ1n) is 7.41. The molecule has 5 heteroatoms. The van der Waals surface area contributed by atoms with E-state index in [-0.39, 0.29) is 5.91 Å². The van der Waals surface area contributed by atoms with E-state index in [0.29, 0.717) is 12.1 Å². The van der Waals surface area contributed by atoms with Crippen LogP contribution in [0.2, 0.25) is 0 Å². The third kappa shape index (κ3) is 3.13. The molecular weight excluding hydrogens is 288 g/mol. The molecule has 23 heavy (non-hydrogen) atoms. The fraction of sp³-hybridized carbons (Fsp3) is 0.167. The van der Waals surface area contributed by atoms with Crippen molar-refractivity contribution in [1.29, 1.82) is 0 Å². The van der Waals surface area contributed by atoms with E-state index in [9.17, 15) is 4.79 Å². The van der Waals surface area contributed by atoms with Crippen LogP contribution in [0.5, 0.6) is 0 Å². The zero-order valence-electron chi connectivity index (χ0n) is 13.2. The van der Waals surface area contributed by atoms with Gasteiger partial charge in [-0.25, -0.2) is 4.68 Å². The van der Waals surface area contributed by atoms with Gasteiger partial charge in [-0.1, -0.05) is 18.2 Å². The van der Waals surface area contributed by atoms with Crippen molar-refractivity contribution in [3.63, 3.8) is 0 Å². The highest BCUT2D eigenvalue weighted by Crippen LogP contribution is 2.16. The Labute approximate surface area is 135 Å². The molecule has 0 saturated carbocycles. The van der Waals surface area contributed by atoms with Gasteiger partial charge in [0, 0.05) is 26.0 Å². The van der Waals surface area contributed by atoms with Gasteiger partial charge < -0.3 is 4.90 Å². The lowest BCUT2D eigenvalue weighted by Gasteiger charge is -2.17. The normalized spacial score (nSPS) is 10.5. The molecule has 116 valence electrons. The molecule has 0 spiro atoms. The summed E-state index contributed by atoms with van der Waals surface area (Å²) in [5.74, 6) is -0.0403. The van der Waals surface area contributed by atoms with Crippen molar-refractivity contribution in [3.8, 4) is 5.69 Å². The van der Waals surface area contributed by atoms with Crippen LogP contribution in [0.3, 0.4) is 0 Å². The predicted octanol–water partition coefficient (Wildman–Crippen LogP) is 2.85. The molecule has 5 nitrogen and oxygen atoms in total. The monoisotopic (exact) mass is 306 g/mol. The lowest BCUT2D eigenvalue weighted by molar-refractivity contribution is 0.0784. The van der Waals surface area contributed by atoms with Crippen LogP contribution in [0.4, 0.5) is 0 Å². The van der Waals surface area contributed by atoms with Crippen molar-refractivity contribution in [3.05, 3.63) is 77.9 Å². The minimum absolute atomic E-state index is 0.0403. The number of nitrogens with zero attached hydrogens (tertiary/aromatic N) is 4. The molecular formula is C18H18N4O. The van der Waals surface area contributed by atoms with Gasteiger partial charge >= 0.3 is 0 Å². The van der Waals surface area contributed by atoms with Gasteiger partial charge in [-0.3, -0.25) is 9.78 Å². The van der Waals surface area contributed by atoms with Crippen molar-refractivity contribution < 1.29 is 4.79 Å². The second-order valence-electron chi connectivity index (χ2n) is 5.41. The summed E-state index contributed by atoms with van der Waals surface area (Å²) in [6, 6.07) is 13.6.